The standard InChI is InChI=1S/C14H21Cl2N3O3S/c1-10-13(11(2)22-17-10)23(20,21)19-5-3-4-18(6-7-19)9-12-8-14(12,15)16/h12H,3-9H2,1-2H3. The minimum absolute atomic E-state index is 0.202. The van der Waals surface area contributed by atoms with E-state index in [0.717, 1.165) is 25.9 Å². The second kappa shape index (κ2) is 6.19. The van der Waals surface area contributed by atoms with Gasteiger partial charge in [0.1, 0.15) is 14.9 Å². The first kappa shape index (κ1) is 17.5. The van der Waals surface area contributed by atoms with Crippen LogP contribution in [0.3, 0.4) is 0 Å². The van der Waals surface area contributed by atoms with Crippen molar-refractivity contribution in [3.8, 4) is 0 Å². The van der Waals surface area contributed by atoms with Gasteiger partial charge in [-0.2, -0.15) is 4.31 Å². The smallest absolute Gasteiger partial charge is 0.248 e. The average Bonchev–Trinajstić information content (AvgIpc) is 3.01. The Morgan fingerprint density at radius 3 is 2.52 bits per heavy atom. The zero-order valence-electron chi connectivity index (χ0n) is 13.3. The van der Waals surface area contributed by atoms with Crippen molar-refractivity contribution in [2.24, 2.45) is 5.92 Å². The van der Waals surface area contributed by atoms with E-state index in [0.29, 0.717) is 31.1 Å². The van der Waals surface area contributed by atoms with Crippen molar-refractivity contribution in [1.29, 1.82) is 0 Å². The molecule has 3 rings (SSSR count). The van der Waals surface area contributed by atoms with Gasteiger partial charge >= 0.3 is 0 Å². The lowest BCUT2D eigenvalue weighted by molar-refractivity contribution is 0.274. The van der Waals surface area contributed by atoms with E-state index in [1.54, 1.807) is 13.8 Å². The molecule has 1 unspecified atom stereocenters. The van der Waals surface area contributed by atoms with Gasteiger partial charge in [-0.15, -0.1) is 23.2 Å². The van der Waals surface area contributed by atoms with Crippen molar-refractivity contribution >= 4 is 33.2 Å². The number of hydrogen-bond donors (Lipinski definition) is 0. The first-order chi connectivity index (χ1) is 10.7. The summed E-state index contributed by atoms with van der Waals surface area (Å²) in [6.45, 7) is 6.60. The molecule has 9 heteroatoms. The summed E-state index contributed by atoms with van der Waals surface area (Å²) in [5.41, 5.74) is 0.413. The van der Waals surface area contributed by atoms with Crippen molar-refractivity contribution in [1.82, 2.24) is 14.4 Å². The summed E-state index contributed by atoms with van der Waals surface area (Å²) < 4.78 is 31.7. The molecule has 1 aromatic rings. The molecular weight excluding hydrogens is 361 g/mol. The number of aryl methyl sites for hydroxylation is 2. The Morgan fingerprint density at radius 1 is 1.26 bits per heavy atom. The Hall–Kier alpha value is -0.340. The Labute approximate surface area is 146 Å². The predicted octanol–water partition coefficient (Wildman–Crippen LogP) is 2.18. The molecule has 1 aliphatic heterocycles. The van der Waals surface area contributed by atoms with Gasteiger partial charge in [0.2, 0.25) is 10.0 Å². The van der Waals surface area contributed by atoms with Crippen LogP contribution >= 0.6 is 23.2 Å². The van der Waals surface area contributed by atoms with Crippen molar-refractivity contribution < 1.29 is 12.9 Å². The zero-order chi connectivity index (χ0) is 16.8. The Bertz CT molecular complexity index is 670. The van der Waals surface area contributed by atoms with Crippen molar-refractivity contribution in [3.63, 3.8) is 0 Å². The first-order valence-corrected chi connectivity index (χ1v) is 9.94. The lowest BCUT2D eigenvalue weighted by atomic mass is 10.3. The van der Waals surface area contributed by atoms with Crippen molar-refractivity contribution in [3.05, 3.63) is 11.5 Å². The summed E-state index contributed by atoms with van der Waals surface area (Å²) in [6.07, 6.45) is 1.60. The summed E-state index contributed by atoms with van der Waals surface area (Å²) >= 11 is 12.2. The summed E-state index contributed by atoms with van der Waals surface area (Å²) in [7, 11) is -3.56. The van der Waals surface area contributed by atoms with Gasteiger partial charge in [0.05, 0.1) is 0 Å². The molecule has 23 heavy (non-hydrogen) atoms. The number of nitrogens with zero attached hydrogens (tertiary/aromatic N) is 3. The van der Waals surface area contributed by atoms with Crippen LogP contribution in [0.4, 0.5) is 0 Å². The lowest BCUT2D eigenvalue weighted by Gasteiger charge is -2.21. The second-order valence-corrected chi connectivity index (χ2v) is 9.79. The molecule has 6 nitrogen and oxygen atoms in total. The highest BCUT2D eigenvalue weighted by molar-refractivity contribution is 7.89. The molecule has 0 bridgehead atoms. The third kappa shape index (κ3) is 3.54. The predicted molar refractivity (Wildman–Crippen MR) is 88.3 cm³/mol. The third-order valence-corrected chi connectivity index (χ3v) is 7.62. The maximum atomic E-state index is 12.9. The molecule has 0 N–H and O–H groups in total. The molecule has 130 valence electrons. The van der Waals surface area contributed by atoms with E-state index in [1.165, 1.54) is 4.31 Å². The van der Waals surface area contributed by atoms with E-state index in [2.05, 4.69) is 10.1 Å². The summed E-state index contributed by atoms with van der Waals surface area (Å²) in [4.78, 5) is 2.45. The molecule has 1 atom stereocenters. The zero-order valence-corrected chi connectivity index (χ0v) is 15.6. The SMILES string of the molecule is Cc1noc(C)c1S(=O)(=O)N1CCCN(CC2CC2(Cl)Cl)CC1. The molecule has 2 fully saturated rings. The number of halogens is 2. The van der Waals surface area contributed by atoms with Crippen molar-refractivity contribution in [2.45, 2.75) is 35.9 Å². The molecule has 1 aliphatic carbocycles. The highest BCUT2D eigenvalue weighted by Gasteiger charge is 2.52. The van der Waals surface area contributed by atoms with Crippen LogP contribution in [0.25, 0.3) is 0 Å². The number of sulfonamides is 1. The Balaban J connectivity index is 1.68. The molecule has 0 aromatic carbocycles. The van der Waals surface area contributed by atoms with Crippen LogP contribution in [0.2, 0.25) is 0 Å². The van der Waals surface area contributed by atoms with Crippen LogP contribution < -0.4 is 0 Å². The maximum absolute atomic E-state index is 12.9. The van der Waals surface area contributed by atoms with Crippen LogP contribution in [-0.2, 0) is 10.0 Å². The first-order valence-electron chi connectivity index (χ1n) is 7.75. The van der Waals surface area contributed by atoms with E-state index in [9.17, 15) is 8.42 Å². The van der Waals surface area contributed by atoms with Gasteiger partial charge in [0.25, 0.3) is 0 Å². The fourth-order valence-corrected chi connectivity index (χ4v) is 5.39. The van der Waals surface area contributed by atoms with Gasteiger partial charge in [-0.1, -0.05) is 5.16 Å². The summed E-state index contributed by atoms with van der Waals surface area (Å²) in [5, 5.41) is 3.76. The quantitative estimate of drug-likeness (QED) is 0.747. The lowest BCUT2D eigenvalue weighted by Crippen LogP contribution is -2.36. The fourth-order valence-electron chi connectivity index (χ4n) is 3.12. The van der Waals surface area contributed by atoms with Crippen molar-refractivity contribution in [2.75, 3.05) is 32.7 Å². The van der Waals surface area contributed by atoms with Crippen LogP contribution in [0.15, 0.2) is 9.42 Å². The van der Waals surface area contributed by atoms with E-state index in [-0.39, 0.29) is 10.8 Å². The monoisotopic (exact) mass is 381 g/mol. The number of alkyl halides is 2. The molecule has 2 heterocycles. The molecule has 1 saturated heterocycles. The number of rotatable bonds is 4. The number of hydrogen-bond acceptors (Lipinski definition) is 5. The third-order valence-electron chi connectivity index (χ3n) is 4.55. The maximum Gasteiger partial charge on any atom is 0.248 e. The molecule has 2 aliphatic rings. The van der Waals surface area contributed by atoms with Crippen LogP contribution in [0.5, 0.6) is 0 Å². The van der Waals surface area contributed by atoms with Gasteiger partial charge in [0.15, 0.2) is 5.76 Å². The highest BCUT2D eigenvalue weighted by Crippen LogP contribution is 2.53. The van der Waals surface area contributed by atoms with E-state index in [1.807, 2.05) is 0 Å². The molecule has 1 aromatic heterocycles. The largest absolute Gasteiger partial charge is 0.360 e. The fraction of sp³-hybridized carbons (Fsp3) is 0.786. The molecular formula is C14H21Cl2N3O3S. The average molecular weight is 382 g/mol. The van der Waals surface area contributed by atoms with Gasteiger partial charge in [-0.3, -0.25) is 0 Å². The van der Waals surface area contributed by atoms with Gasteiger partial charge in [-0.25, -0.2) is 8.42 Å². The topological polar surface area (TPSA) is 66.7 Å². The molecule has 0 radical (unpaired) electrons. The van der Waals surface area contributed by atoms with Gasteiger partial charge in [-0.05, 0) is 33.2 Å². The highest BCUT2D eigenvalue weighted by atomic mass is 35.5. The summed E-state index contributed by atoms with van der Waals surface area (Å²) in [6, 6.07) is 0. The normalized spacial score (nSPS) is 26.2. The van der Waals surface area contributed by atoms with E-state index < -0.39 is 14.4 Å². The Kier molecular flexibility index (Phi) is 4.70. The number of aromatic nitrogens is 1. The van der Waals surface area contributed by atoms with Crippen LogP contribution in [0.1, 0.15) is 24.3 Å². The second-order valence-electron chi connectivity index (χ2n) is 6.37. The van der Waals surface area contributed by atoms with E-state index in [4.69, 9.17) is 27.7 Å². The minimum atomic E-state index is -3.56. The minimum Gasteiger partial charge on any atom is -0.360 e. The molecule has 0 amide bonds. The van der Waals surface area contributed by atoms with Gasteiger partial charge < -0.3 is 9.42 Å². The molecule has 1 saturated carbocycles. The molecule has 0 spiro atoms. The van der Waals surface area contributed by atoms with E-state index >= 15 is 0 Å². The summed E-state index contributed by atoms with van der Waals surface area (Å²) in [5.74, 6) is 0.632. The van der Waals surface area contributed by atoms with Gasteiger partial charge in [0, 0.05) is 32.1 Å². The van der Waals surface area contributed by atoms with Crippen LogP contribution in [0, 0.1) is 19.8 Å². The Morgan fingerprint density at radius 2 is 1.96 bits per heavy atom. The van der Waals surface area contributed by atoms with Crippen LogP contribution in [-0.4, -0.2) is 59.8 Å².